The van der Waals surface area contributed by atoms with Crippen LogP contribution in [0.1, 0.15) is 11.1 Å². The number of nitrogens with one attached hydrogen (secondary N) is 2. The molecule has 4 N–H and O–H groups in total. The highest BCUT2D eigenvalue weighted by Crippen LogP contribution is 2.17. The maximum atomic E-state index is 11.3. The molecule has 1 aromatic heterocycles. The van der Waals surface area contributed by atoms with Crippen LogP contribution in [0.5, 0.6) is 0 Å². The molecule has 5 nitrogen and oxygen atoms in total. The van der Waals surface area contributed by atoms with Crippen molar-refractivity contribution in [2.24, 2.45) is 5.14 Å². The van der Waals surface area contributed by atoms with Crippen LogP contribution in [0, 0.1) is 0 Å². The largest absolute Gasteiger partial charge is 0.361 e. The molecule has 0 unspecified atom stereocenters. The van der Waals surface area contributed by atoms with Crippen molar-refractivity contribution in [2.75, 3.05) is 6.54 Å². The van der Waals surface area contributed by atoms with Crippen molar-refractivity contribution < 1.29 is 8.42 Å². The number of rotatable bonds is 6. The first-order valence-electron chi connectivity index (χ1n) is 7.41. The summed E-state index contributed by atoms with van der Waals surface area (Å²) in [5, 5.41) is 9.72. The number of sulfonamides is 1. The van der Waals surface area contributed by atoms with E-state index in [0.717, 1.165) is 24.0 Å². The van der Waals surface area contributed by atoms with E-state index in [1.54, 1.807) is 12.1 Å². The standard InChI is InChI=1S/C17H19N3O2S/c18-23(21,22)15-5-3-4-13(10-15)11-19-9-8-14-12-20-17-7-2-1-6-16(14)17/h1-7,10,12,19-20H,8-9,11H2,(H2,18,21,22). The molecular formula is C17H19N3O2S. The van der Waals surface area contributed by atoms with Crippen molar-refractivity contribution in [1.29, 1.82) is 0 Å². The fourth-order valence-electron chi connectivity index (χ4n) is 2.63. The third-order valence-corrected chi connectivity index (χ3v) is 4.71. The SMILES string of the molecule is NS(=O)(=O)c1cccc(CNCCc2c[nH]c3ccccc23)c1. The first kappa shape index (κ1) is 15.7. The van der Waals surface area contributed by atoms with Crippen LogP contribution in [0.2, 0.25) is 0 Å². The number of nitrogens with two attached hydrogens (primary N) is 1. The second kappa shape index (κ2) is 6.54. The number of para-hydroxylation sites is 1. The topological polar surface area (TPSA) is 88.0 Å². The molecule has 3 rings (SSSR count). The van der Waals surface area contributed by atoms with Gasteiger partial charge in [0.25, 0.3) is 0 Å². The summed E-state index contributed by atoms with van der Waals surface area (Å²) in [4.78, 5) is 3.41. The summed E-state index contributed by atoms with van der Waals surface area (Å²) in [6.45, 7) is 1.41. The van der Waals surface area contributed by atoms with E-state index in [0.29, 0.717) is 6.54 Å². The van der Waals surface area contributed by atoms with Gasteiger partial charge in [-0.1, -0.05) is 30.3 Å². The summed E-state index contributed by atoms with van der Waals surface area (Å²) < 4.78 is 22.7. The first-order valence-corrected chi connectivity index (χ1v) is 8.96. The molecule has 0 spiro atoms. The number of benzene rings is 2. The van der Waals surface area contributed by atoms with Gasteiger partial charge >= 0.3 is 0 Å². The van der Waals surface area contributed by atoms with Crippen molar-refractivity contribution >= 4 is 20.9 Å². The Balaban J connectivity index is 1.58. The Kier molecular flexibility index (Phi) is 4.47. The summed E-state index contributed by atoms with van der Waals surface area (Å²) in [6, 6.07) is 14.9. The van der Waals surface area contributed by atoms with E-state index in [1.165, 1.54) is 17.0 Å². The zero-order chi connectivity index (χ0) is 16.3. The lowest BCUT2D eigenvalue weighted by Crippen LogP contribution is -2.17. The van der Waals surface area contributed by atoms with Crippen LogP contribution in [0.4, 0.5) is 0 Å². The van der Waals surface area contributed by atoms with Crippen LogP contribution in [0.25, 0.3) is 10.9 Å². The smallest absolute Gasteiger partial charge is 0.238 e. The minimum Gasteiger partial charge on any atom is -0.361 e. The van der Waals surface area contributed by atoms with Crippen molar-refractivity contribution in [3.8, 4) is 0 Å². The second-order valence-electron chi connectivity index (χ2n) is 5.48. The maximum Gasteiger partial charge on any atom is 0.238 e. The van der Waals surface area contributed by atoms with Gasteiger partial charge in [0.05, 0.1) is 4.90 Å². The molecule has 0 aliphatic rings. The van der Waals surface area contributed by atoms with Gasteiger partial charge in [-0.15, -0.1) is 0 Å². The minimum absolute atomic E-state index is 0.147. The Morgan fingerprint density at radius 3 is 2.74 bits per heavy atom. The lowest BCUT2D eigenvalue weighted by Gasteiger charge is -2.06. The molecule has 0 saturated carbocycles. The summed E-state index contributed by atoms with van der Waals surface area (Å²) in [6.07, 6.45) is 2.94. The first-order chi connectivity index (χ1) is 11.0. The molecule has 0 saturated heterocycles. The molecule has 0 amide bonds. The van der Waals surface area contributed by atoms with Crippen molar-refractivity contribution in [2.45, 2.75) is 17.9 Å². The molecule has 0 radical (unpaired) electrons. The predicted octanol–water partition coefficient (Wildman–Crippen LogP) is 2.15. The molecule has 6 heteroatoms. The highest BCUT2D eigenvalue weighted by Gasteiger charge is 2.07. The van der Waals surface area contributed by atoms with E-state index in [-0.39, 0.29) is 4.90 Å². The van der Waals surface area contributed by atoms with Crippen molar-refractivity contribution in [1.82, 2.24) is 10.3 Å². The van der Waals surface area contributed by atoms with Gasteiger partial charge in [0.1, 0.15) is 0 Å². The molecule has 0 aliphatic heterocycles. The highest BCUT2D eigenvalue weighted by atomic mass is 32.2. The second-order valence-corrected chi connectivity index (χ2v) is 7.04. The Labute approximate surface area is 135 Å². The molecular weight excluding hydrogens is 310 g/mol. The van der Waals surface area contributed by atoms with E-state index in [4.69, 9.17) is 5.14 Å². The fourth-order valence-corrected chi connectivity index (χ4v) is 3.21. The van der Waals surface area contributed by atoms with Gasteiger partial charge in [-0.3, -0.25) is 0 Å². The van der Waals surface area contributed by atoms with Gasteiger partial charge in [-0.2, -0.15) is 0 Å². The van der Waals surface area contributed by atoms with E-state index in [1.807, 2.05) is 24.4 Å². The number of hydrogen-bond donors (Lipinski definition) is 3. The van der Waals surface area contributed by atoms with E-state index >= 15 is 0 Å². The van der Waals surface area contributed by atoms with Crippen molar-refractivity contribution in [3.05, 3.63) is 65.9 Å². The summed E-state index contributed by atoms with van der Waals surface area (Å²) in [7, 11) is -3.65. The third kappa shape index (κ3) is 3.79. The molecule has 0 bridgehead atoms. The fraction of sp³-hybridized carbons (Fsp3) is 0.176. The Hall–Kier alpha value is -2.15. The van der Waals surface area contributed by atoms with Crippen LogP contribution in [0.3, 0.4) is 0 Å². The average Bonchev–Trinajstić information content (AvgIpc) is 2.94. The molecule has 1 heterocycles. The van der Waals surface area contributed by atoms with E-state index < -0.39 is 10.0 Å². The molecule has 3 aromatic rings. The van der Waals surface area contributed by atoms with Gasteiger partial charge in [0.2, 0.25) is 10.0 Å². The van der Waals surface area contributed by atoms with E-state index in [9.17, 15) is 8.42 Å². The minimum atomic E-state index is -3.65. The average molecular weight is 329 g/mol. The van der Waals surface area contributed by atoms with Crippen LogP contribution in [0.15, 0.2) is 59.6 Å². The lowest BCUT2D eigenvalue weighted by molar-refractivity contribution is 0.597. The highest BCUT2D eigenvalue weighted by molar-refractivity contribution is 7.89. The van der Waals surface area contributed by atoms with Crippen LogP contribution in [-0.2, 0) is 23.0 Å². The van der Waals surface area contributed by atoms with Crippen LogP contribution in [-0.4, -0.2) is 19.9 Å². The van der Waals surface area contributed by atoms with Crippen molar-refractivity contribution in [3.63, 3.8) is 0 Å². The third-order valence-electron chi connectivity index (χ3n) is 3.80. The Morgan fingerprint density at radius 1 is 1.09 bits per heavy atom. The summed E-state index contributed by atoms with van der Waals surface area (Å²) in [5.41, 5.74) is 3.31. The molecule has 0 aliphatic carbocycles. The number of primary sulfonamides is 1. The molecule has 23 heavy (non-hydrogen) atoms. The number of H-pyrrole nitrogens is 1. The van der Waals surface area contributed by atoms with Gasteiger partial charge in [0.15, 0.2) is 0 Å². The molecule has 2 aromatic carbocycles. The van der Waals surface area contributed by atoms with Gasteiger partial charge in [-0.25, -0.2) is 13.6 Å². The quantitative estimate of drug-likeness (QED) is 0.606. The number of aromatic nitrogens is 1. The van der Waals surface area contributed by atoms with Gasteiger partial charge < -0.3 is 10.3 Å². The zero-order valence-corrected chi connectivity index (χ0v) is 13.4. The summed E-state index contributed by atoms with van der Waals surface area (Å²) in [5.74, 6) is 0. The normalized spacial score (nSPS) is 11.9. The Bertz CT molecular complexity index is 916. The maximum absolute atomic E-state index is 11.3. The predicted molar refractivity (Wildman–Crippen MR) is 91.5 cm³/mol. The zero-order valence-electron chi connectivity index (χ0n) is 12.6. The van der Waals surface area contributed by atoms with Gasteiger partial charge in [0, 0.05) is 23.6 Å². The molecule has 0 atom stereocenters. The van der Waals surface area contributed by atoms with E-state index in [2.05, 4.69) is 22.4 Å². The van der Waals surface area contributed by atoms with Crippen LogP contribution < -0.4 is 10.5 Å². The lowest BCUT2D eigenvalue weighted by atomic mass is 10.1. The molecule has 120 valence electrons. The number of hydrogen-bond acceptors (Lipinski definition) is 3. The van der Waals surface area contributed by atoms with Gasteiger partial charge in [-0.05, 0) is 42.3 Å². The summed E-state index contributed by atoms with van der Waals surface area (Å²) >= 11 is 0. The Morgan fingerprint density at radius 2 is 1.91 bits per heavy atom. The molecule has 0 fully saturated rings. The number of fused-ring (bicyclic) bond motifs is 1. The van der Waals surface area contributed by atoms with Crippen LogP contribution >= 0.6 is 0 Å². The monoisotopic (exact) mass is 329 g/mol. The number of aromatic amines is 1.